The topological polar surface area (TPSA) is 43.8 Å². The third-order valence-electron chi connectivity index (χ3n) is 3.87. The van der Waals surface area contributed by atoms with Crippen LogP contribution >= 0.6 is 0 Å². The van der Waals surface area contributed by atoms with Gasteiger partial charge in [-0.05, 0) is 24.1 Å². The quantitative estimate of drug-likeness (QED) is 0.527. The molecule has 21 heavy (non-hydrogen) atoms. The molecule has 0 bridgehead atoms. The Morgan fingerprint density at radius 1 is 0.905 bits per heavy atom. The fourth-order valence-electron chi connectivity index (χ4n) is 2.54. The van der Waals surface area contributed by atoms with Gasteiger partial charge < -0.3 is 5.73 Å². The number of hydrogen-bond donors (Lipinski definition) is 1. The molecular weight excluding hydrogens is 258 g/mol. The van der Waals surface area contributed by atoms with Crippen LogP contribution in [0.25, 0.3) is 11.1 Å². The Morgan fingerprint density at radius 2 is 1.57 bits per heavy atom. The number of hydrogen-bond acceptors (Lipinski definition) is 2. The van der Waals surface area contributed by atoms with Crippen molar-refractivity contribution in [3.63, 3.8) is 0 Å². The maximum Gasteiger partial charge on any atom is 0.0568 e. The second kappa shape index (κ2) is 8.50. The Labute approximate surface area is 128 Å². The zero-order valence-corrected chi connectivity index (χ0v) is 13.1. The van der Waals surface area contributed by atoms with Gasteiger partial charge >= 0.3 is 0 Å². The average Bonchev–Trinajstić information content (AvgIpc) is 2.96. The summed E-state index contributed by atoms with van der Waals surface area (Å²) in [4.78, 5) is 0. The lowest BCUT2D eigenvalue weighted by molar-refractivity contribution is 0.523. The molecule has 0 aliphatic heterocycles. The molecule has 1 aromatic heterocycles. The number of rotatable bonds is 9. The minimum atomic E-state index is 0.800. The normalized spacial score (nSPS) is 10.9. The van der Waals surface area contributed by atoms with Crippen molar-refractivity contribution < 1.29 is 0 Å². The van der Waals surface area contributed by atoms with Crippen LogP contribution in [0.2, 0.25) is 0 Å². The van der Waals surface area contributed by atoms with Gasteiger partial charge in [-0.2, -0.15) is 5.10 Å². The molecule has 3 nitrogen and oxygen atoms in total. The SMILES string of the molecule is CCCCCCCCCn1cc(-c2ccc(N)cc2)cn1. The van der Waals surface area contributed by atoms with E-state index in [-0.39, 0.29) is 0 Å². The summed E-state index contributed by atoms with van der Waals surface area (Å²) in [5.74, 6) is 0. The highest BCUT2D eigenvalue weighted by atomic mass is 15.3. The highest BCUT2D eigenvalue weighted by molar-refractivity contribution is 5.63. The van der Waals surface area contributed by atoms with Gasteiger partial charge in [0.15, 0.2) is 0 Å². The molecule has 0 aliphatic rings. The first-order chi connectivity index (χ1) is 10.3. The van der Waals surface area contributed by atoms with Crippen LogP contribution in [0.1, 0.15) is 51.9 Å². The molecule has 0 fully saturated rings. The number of anilines is 1. The summed E-state index contributed by atoms with van der Waals surface area (Å²) >= 11 is 0. The standard InChI is InChI=1S/C18H27N3/c1-2-3-4-5-6-7-8-13-21-15-17(14-20-21)16-9-11-18(19)12-10-16/h9-12,14-15H,2-8,13,19H2,1H3. The molecule has 0 saturated heterocycles. The molecule has 2 rings (SSSR count). The van der Waals surface area contributed by atoms with E-state index in [2.05, 4.69) is 22.9 Å². The number of aromatic nitrogens is 2. The maximum atomic E-state index is 5.71. The van der Waals surface area contributed by atoms with Crippen molar-refractivity contribution in [2.75, 3.05) is 5.73 Å². The summed E-state index contributed by atoms with van der Waals surface area (Å²) in [6.45, 7) is 3.28. The van der Waals surface area contributed by atoms with Crippen LogP contribution in [0.15, 0.2) is 36.7 Å². The van der Waals surface area contributed by atoms with Gasteiger partial charge in [0, 0.05) is 24.0 Å². The molecule has 114 valence electrons. The number of benzene rings is 1. The highest BCUT2D eigenvalue weighted by Gasteiger charge is 2.01. The number of nitrogens with zero attached hydrogens (tertiary/aromatic N) is 2. The van der Waals surface area contributed by atoms with E-state index >= 15 is 0 Å². The van der Waals surface area contributed by atoms with Gasteiger partial charge in [0.05, 0.1) is 6.20 Å². The van der Waals surface area contributed by atoms with Gasteiger partial charge in [-0.15, -0.1) is 0 Å². The molecule has 2 aromatic rings. The number of aryl methyl sites for hydroxylation is 1. The fraction of sp³-hybridized carbons (Fsp3) is 0.500. The fourth-order valence-corrected chi connectivity index (χ4v) is 2.54. The zero-order valence-electron chi connectivity index (χ0n) is 13.1. The van der Waals surface area contributed by atoms with Crippen LogP contribution in [0.3, 0.4) is 0 Å². The predicted octanol–water partition coefficient (Wildman–Crippen LogP) is 4.88. The van der Waals surface area contributed by atoms with Crippen molar-refractivity contribution in [2.45, 2.75) is 58.4 Å². The Balaban J connectivity index is 1.72. The Hall–Kier alpha value is -1.77. The Bertz CT molecular complexity index is 514. The molecule has 0 spiro atoms. The number of nitrogen functional groups attached to an aromatic ring is 1. The van der Waals surface area contributed by atoms with Crippen molar-refractivity contribution in [3.05, 3.63) is 36.7 Å². The van der Waals surface area contributed by atoms with Gasteiger partial charge in [0.1, 0.15) is 0 Å². The smallest absolute Gasteiger partial charge is 0.0568 e. The zero-order chi connectivity index (χ0) is 14.9. The van der Waals surface area contributed by atoms with E-state index < -0.39 is 0 Å². The summed E-state index contributed by atoms with van der Waals surface area (Å²) in [7, 11) is 0. The van der Waals surface area contributed by atoms with E-state index in [0.717, 1.165) is 17.8 Å². The second-order valence-electron chi connectivity index (χ2n) is 5.74. The predicted molar refractivity (Wildman–Crippen MR) is 90.1 cm³/mol. The molecule has 0 atom stereocenters. The first kappa shape index (κ1) is 15.6. The number of unbranched alkanes of at least 4 members (excludes halogenated alkanes) is 6. The van der Waals surface area contributed by atoms with Crippen LogP contribution in [0, 0.1) is 0 Å². The molecule has 0 saturated carbocycles. The Kier molecular flexibility index (Phi) is 6.32. The van der Waals surface area contributed by atoms with E-state index in [9.17, 15) is 0 Å². The summed E-state index contributed by atoms with van der Waals surface area (Å²) in [6.07, 6.45) is 13.4. The molecule has 1 aromatic carbocycles. The van der Waals surface area contributed by atoms with E-state index in [1.165, 1.54) is 50.5 Å². The third-order valence-corrected chi connectivity index (χ3v) is 3.87. The summed E-state index contributed by atoms with van der Waals surface area (Å²) in [5, 5.41) is 4.45. The maximum absolute atomic E-state index is 5.71. The van der Waals surface area contributed by atoms with Crippen molar-refractivity contribution in [3.8, 4) is 11.1 Å². The minimum absolute atomic E-state index is 0.800. The molecule has 0 radical (unpaired) electrons. The third kappa shape index (κ3) is 5.25. The second-order valence-corrected chi connectivity index (χ2v) is 5.74. The monoisotopic (exact) mass is 285 g/mol. The van der Waals surface area contributed by atoms with Gasteiger partial charge in [-0.3, -0.25) is 4.68 Å². The lowest BCUT2D eigenvalue weighted by Crippen LogP contribution is -1.97. The molecule has 2 N–H and O–H groups in total. The van der Waals surface area contributed by atoms with Crippen LogP contribution < -0.4 is 5.73 Å². The van der Waals surface area contributed by atoms with Crippen LogP contribution in [0.5, 0.6) is 0 Å². The van der Waals surface area contributed by atoms with Crippen molar-refractivity contribution in [1.29, 1.82) is 0 Å². The largest absolute Gasteiger partial charge is 0.399 e. The summed E-state index contributed by atoms with van der Waals surface area (Å²) in [5.41, 5.74) is 8.85. The van der Waals surface area contributed by atoms with Crippen molar-refractivity contribution in [2.24, 2.45) is 0 Å². The molecule has 0 unspecified atom stereocenters. The lowest BCUT2D eigenvalue weighted by atomic mass is 10.1. The first-order valence-corrected chi connectivity index (χ1v) is 8.18. The molecule has 1 heterocycles. The number of nitrogens with two attached hydrogens (primary N) is 1. The van der Waals surface area contributed by atoms with Crippen molar-refractivity contribution in [1.82, 2.24) is 9.78 Å². The summed E-state index contributed by atoms with van der Waals surface area (Å²) in [6, 6.07) is 7.96. The first-order valence-electron chi connectivity index (χ1n) is 8.18. The molecule has 0 amide bonds. The van der Waals surface area contributed by atoms with Gasteiger partial charge in [0.2, 0.25) is 0 Å². The van der Waals surface area contributed by atoms with Crippen LogP contribution in [-0.2, 0) is 6.54 Å². The van der Waals surface area contributed by atoms with Gasteiger partial charge in [-0.25, -0.2) is 0 Å². The van der Waals surface area contributed by atoms with E-state index in [1.54, 1.807) is 0 Å². The lowest BCUT2D eigenvalue weighted by Gasteiger charge is -2.02. The summed E-state index contributed by atoms with van der Waals surface area (Å²) < 4.78 is 2.05. The van der Waals surface area contributed by atoms with Gasteiger partial charge in [-0.1, -0.05) is 57.6 Å². The van der Waals surface area contributed by atoms with Gasteiger partial charge in [0.25, 0.3) is 0 Å². The molecular formula is C18H27N3. The van der Waals surface area contributed by atoms with E-state index in [1.807, 2.05) is 30.5 Å². The van der Waals surface area contributed by atoms with Crippen LogP contribution in [0.4, 0.5) is 5.69 Å². The Morgan fingerprint density at radius 3 is 2.29 bits per heavy atom. The van der Waals surface area contributed by atoms with Crippen molar-refractivity contribution >= 4 is 5.69 Å². The molecule has 3 heteroatoms. The average molecular weight is 285 g/mol. The van der Waals surface area contributed by atoms with E-state index in [0.29, 0.717) is 0 Å². The molecule has 0 aliphatic carbocycles. The van der Waals surface area contributed by atoms with Crippen LogP contribution in [-0.4, -0.2) is 9.78 Å². The van der Waals surface area contributed by atoms with E-state index in [4.69, 9.17) is 5.73 Å². The minimum Gasteiger partial charge on any atom is -0.399 e. The highest BCUT2D eigenvalue weighted by Crippen LogP contribution is 2.20.